The normalized spacial score (nSPS) is 11.0. The van der Waals surface area contributed by atoms with Crippen LogP contribution < -0.4 is 5.32 Å². The Kier molecular flexibility index (Phi) is 4.92. The fraction of sp³-hybridized carbons (Fsp3) is 0.625. The van der Waals surface area contributed by atoms with Gasteiger partial charge in [0.15, 0.2) is 5.13 Å². The predicted octanol–water partition coefficient (Wildman–Crippen LogP) is 1.44. The molecule has 0 atom stereocenters. The summed E-state index contributed by atoms with van der Waals surface area (Å²) in [6, 6.07) is 0. The number of nitrogens with one attached hydrogen (secondary N) is 1. The molecule has 0 saturated carbocycles. The number of anilines is 1. The maximum Gasteiger partial charge on any atom is 0.183 e. The van der Waals surface area contributed by atoms with Crippen molar-refractivity contribution in [3.63, 3.8) is 0 Å². The quantitative estimate of drug-likeness (QED) is 0.645. The van der Waals surface area contributed by atoms with E-state index in [4.69, 9.17) is 10.4 Å². The third-order valence-electron chi connectivity index (χ3n) is 1.76. The van der Waals surface area contributed by atoms with Crippen LogP contribution in [0.25, 0.3) is 0 Å². The molecule has 15 heavy (non-hydrogen) atoms. The highest BCUT2D eigenvalue weighted by Gasteiger charge is 2.07. The summed E-state index contributed by atoms with van der Waals surface area (Å²) in [6.45, 7) is 4.97. The van der Waals surface area contributed by atoms with Gasteiger partial charge in [0.2, 0.25) is 0 Å². The summed E-state index contributed by atoms with van der Waals surface area (Å²) in [7, 11) is 0. The first-order chi connectivity index (χ1) is 7.13. The number of aryl methyl sites for hydroxylation is 1. The summed E-state index contributed by atoms with van der Waals surface area (Å²) in [5.41, 5.74) is 0.946. The molecule has 0 spiro atoms. The lowest BCUT2D eigenvalue weighted by Gasteiger charge is -2.04. The molecule has 0 aliphatic heterocycles. The Morgan fingerprint density at radius 3 is 2.87 bits per heavy atom. The minimum Gasteiger partial charge on any atom is -0.362 e. The first kappa shape index (κ1) is 12.3. The van der Waals surface area contributed by atoms with Gasteiger partial charge in [-0.05, 0) is 13.8 Å². The Morgan fingerprint density at radius 1 is 1.53 bits per heavy atom. The van der Waals surface area contributed by atoms with Crippen molar-refractivity contribution in [2.45, 2.75) is 20.3 Å². The molecule has 0 saturated heterocycles. The Bertz CT molecular complexity index is 303. The first-order valence-corrected chi connectivity index (χ1v) is 5.46. The zero-order valence-corrected chi connectivity index (χ0v) is 9.54. The van der Waals surface area contributed by atoms with Crippen molar-refractivity contribution < 1.29 is 15.3 Å². The van der Waals surface area contributed by atoms with Crippen molar-refractivity contribution in [1.82, 2.24) is 10.4 Å². The maximum absolute atomic E-state index is 8.33. The van der Waals surface area contributed by atoms with Gasteiger partial charge >= 0.3 is 0 Å². The fourth-order valence-electron chi connectivity index (χ4n) is 1.11. The van der Waals surface area contributed by atoms with Crippen molar-refractivity contribution in [2.24, 2.45) is 0 Å². The van der Waals surface area contributed by atoms with Crippen molar-refractivity contribution in [3.8, 4) is 0 Å². The third kappa shape index (κ3) is 4.10. The zero-order chi connectivity index (χ0) is 11.3. The van der Waals surface area contributed by atoms with Gasteiger partial charge in [0.25, 0.3) is 0 Å². The van der Waals surface area contributed by atoms with E-state index in [0.717, 1.165) is 22.2 Å². The van der Waals surface area contributed by atoms with Crippen LogP contribution in [0.3, 0.4) is 0 Å². The fourth-order valence-corrected chi connectivity index (χ4v) is 2.12. The Hall–Kier alpha value is -0.730. The number of thiazole rings is 1. The molecule has 7 heteroatoms. The lowest BCUT2D eigenvalue weighted by atomic mass is 10.3. The SMILES string of the molecule is CCNc1nc(C)c(CCON(O)O)s1. The summed E-state index contributed by atoms with van der Waals surface area (Å²) in [5, 5.41) is 20.4. The van der Waals surface area contributed by atoms with Gasteiger partial charge in [-0.25, -0.2) is 4.98 Å². The standard InChI is InChI=1S/C8H15N3O3S/c1-3-9-8-10-6(2)7(15-8)4-5-14-11(12)13/h12-13H,3-5H2,1-2H3,(H,9,10). The highest BCUT2D eigenvalue weighted by molar-refractivity contribution is 7.15. The number of nitrogens with zero attached hydrogens (tertiary/aromatic N) is 2. The summed E-state index contributed by atoms with van der Waals surface area (Å²) >= 11 is 1.55. The van der Waals surface area contributed by atoms with E-state index in [1.54, 1.807) is 11.3 Å². The van der Waals surface area contributed by atoms with Gasteiger partial charge < -0.3 is 5.32 Å². The van der Waals surface area contributed by atoms with E-state index in [-0.39, 0.29) is 12.0 Å². The van der Waals surface area contributed by atoms with Crippen LogP contribution in [-0.2, 0) is 11.3 Å². The minimum absolute atomic E-state index is 0.210. The van der Waals surface area contributed by atoms with Gasteiger partial charge in [-0.15, -0.1) is 11.3 Å². The summed E-state index contributed by atoms with van der Waals surface area (Å²) in [5.74, 6) is 0. The molecule has 0 bridgehead atoms. The van der Waals surface area contributed by atoms with Gasteiger partial charge in [-0.1, -0.05) is 0 Å². The second-order valence-corrected chi connectivity index (χ2v) is 3.98. The Morgan fingerprint density at radius 2 is 2.27 bits per heavy atom. The van der Waals surface area contributed by atoms with Gasteiger partial charge in [0, 0.05) is 17.8 Å². The van der Waals surface area contributed by atoms with Crippen LogP contribution in [0.2, 0.25) is 0 Å². The number of hydrogen-bond acceptors (Lipinski definition) is 7. The predicted molar refractivity (Wildman–Crippen MR) is 56.1 cm³/mol. The maximum atomic E-state index is 8.33. The van der Waals surface area contributed by atoms with Crippen LogP contribution in [0.4, 0.5) is 5.13 Å². The highest BCUT2D eigenvalue weighted by atomic mass is 32.1. The van der Waals surface area contributed by atoms with Crippen molar-refractivity contribution in [2.75, 3.05) is 18.5 Å². The molecule has 3 N–H and O–H groups in total. The zero-order valence-electron chi connectivity index (χ0n) is 8.73. The van der Waals surface area contributed by atoms with Crippen LogP contribution in [0.15, 0.2) is 0 Å². The number of hydrogen-bond donors (Lipinski definition) is 3. The van der Waals surface area contributed by atoms with E-state index in [2.05, 4.69) is 15.1 Å². The van der Waals surface area contributed by atoms with Crippen LogP contribution in [0.5, 0.6) is 0 Å². The molecule has 1 heterocycles. The second-order valence-electron chi connectivity index (χ2n) is 2.89. The largest absolute Gasteiger partial charge is 0.362 e. The van der Waals surface area contributed by atoms with Crippen molar-refractivity contribution in [3.05, 3.63) is 10.6 Å². The molecular formula is C8H15N3O3S. The van der Waals surface area contributed by atoms with Crippen LogP contribution in [-0.4, -0.2) is 33.9 Å². The second kappa shape index (κ2) is 5.99. The summed E-state index contributed by atoms with van der Waals surface area (Å²) < 4.78 is 0. The van der Waals surface area contributed by atoms with Crippen LogP contribution in [0, 0.1) is 6.92 Å². The highest BCUT2D eigenvalue weighted by Crippen LogP contribution is 2.22. The summed E-state index contributed by atoms with van der Waals surface area (Å²) in [6.07, 6.45) is 0.604. The molecule has 6 nitrogen and oxygen atoms in total. The van der Waals surface area contributed by atoms with Gasteiger partial charge in [-0.2, -0.15) is 0 Å². The van der Waals surface area contributed by atoms with E-state index in [1.165, 1.54) is 0 Å². The molecule has 0 fully saturated rings. The molecule has 0 aromatic carbocycles. The van der Waals surface area contributed by atoms with Gasteiger partial charge in [-0.3, -0.25) is 15.3 Å². The lowest BCUT2D eigenvalue weighted by Crippen LogP contribution is -2.16. The minimum atomic E-state index is -0.276. The molecule has 1 aromatic heterocycles. The lowest BCUT2D eigenvalue weighted by molar-refractivity contribution is -0.492. The molecule has 0 unspecified atom stereocenters. The molecule has 86 valence electrons. The molecule has 1 rings (SSSR count). The van der Waals surface area contributed by atoms with E-state index < -0.39 is 0 Å². The smallest absolute Gasteiger partial charge is 0.183 e. The van der Waals surface area contributed by atoms with Crippen LogP contribution >= 0.6 is 11.3 Å². The molecule has 0 radical (unpaired) electrons. The van der Waals surface area contributed by atoms with E-state index in [9.17, 15) is 0 Å². The average molecular weight is 233 g/mol. The molecule has 1 aromatic rings. The first-order valence-electron chi connectivity index (χ1n) is 4.64. The van der Waals surface area contributed by atoms with Crippen molar-refractivity contribution in [1.29, 1.82) is 0 Å². The average Bonchev–Trinajstić information content (AvgIpc) is 2.47. The van der Waals surface area contributed by atoms with Crippen molar-refractivity contribution >= 4 is 16.5 Å². The van der Waals surface area contributed by atoms with Gasteiger partial charge in [0.1, 0.15) is 0 Å². The number of aromatic nitrogens is 1. The third-order valence-corrected chi connectivity index (χ3v) is 2.93. The topological polar surface area (TPSA) is 77.9 Å². The van der Waals surface area contributed by atoms with E-state index in [0.29, 0.717) is 6.42 Å². The Labute approximate surface area is 92.0 Å². The van der Waals surface area contributed by atoms with E-state index in [1.807, 2.05) is 13.8 Å². The van der Waals surface area contributed by atoms with E-state index >= 15 is 0 Å². The summed E-state index contributed by atoms with van der Waals surface area (Å²) in [4.78, 5) is 9.86. The molecule has 0 amide bonds. The molecule has 0 aliphatic rings. The van der Waals surface area contributed by atoms with Crippen LogP contribution in [0.1, 0.15) is 17.5 Å². The number of rotatable bonds is 6. The monoisotopic (exact) mass is 233 g/mol. The van der Waals surface area contributed by atoms with Gasteiger partial charge in [0.05, 0.1) is 17.7 Å². The molecular weight excluding hydrogens is 218 g/mol. The Balaban J connectivity index is 2.46. The molecule has 0 aliphatic carbocycles.